The molecule has 0 atom stereocenters. The van der Waals surface area contributed by atoms with Crippen LogP contribution in [0.25, 0.3) is 0 Å². The largest absolute Gasteiger partial charge is 0.460 e. The highest BCUT2D eigenvalue weighted by atomic mass is 19.4. The standard InChI is InChI=1S/C9H4F7NO2/c10-7(11,8(12,13)9(14,15)16)6(18)19-5-2-1-3-17-4-5/h1-4H. The zero-order chi connectivity index (χ0) is 14.9. The van der Waals surface area contributed by atoms with Crippen molar-refractivity contribution in [3.63, 3.8) is 0 Å². The molecule has 0 bridgehead atoms. The van der Waals surface area contributed by atoms with Gasteiger partial charge in [-0.1, -0.05) is 0 Å². The summed E-state index contributed by atoms with van der Waals surface area (Å²) >= 11 is 0. The van der Waals surface area contributed by atoms with Crippen LogP contribution < -0.4 is 4.74 Å². The highest BCUT2D eigenvalue weighted by Gasteiger charge is 2.77. The molecule has 0 aliphatic carbocycles. The Hall–Kier alpha value is -1.87. The van der Waals surface area contributed by atoms with E-state index in [2.05, 4.69) is 9.72 Å². The van der Waals surface area contributed by atoms with Crippen LogP contribution in [0.15, 0.2) is 24.5 Å². The maximum atomic E-state index is 12.8. The van der Waals surface area contributed by atoms with Gasteiger partial charge in [-0.05, 0) is 12.1 Å². The van der Waals surface area contributed by atoms with Crippen LogP contribution in [0.3, 0.4) is 0 Å². The zero-order valence-electron chi connectivity index (χ0n) is 8.72. The first-order chi connectivity index (χ1) is 8.50. The van der Waals surface area contributed by atoms with Gasteiger partial charge in [0.25, 0.3) is 0 Å². The Labute approximate surface area is 101 Å². The second-order valence-electron chi connectivity index (χ2n) is 3.22. The summed E-state index contributed by atoms with van der Waals surface area (Å²) in [6.45, 7) is 0. The molecule has 1 aromatic heterocycles. The average molecular weight is 291 g/mol. The third-order valence-electron chi connectivity index (χ3n) is 1.85. The van der Waals surface area contributed by atoms with Gasteiger partial charge < -0.3 is 4.74 Å². The zero-order valence-corrected chi connectivity index (χ0v) is 8.72. The molecule has 19 heavy (non-hydrogen) atoms. The van der Waals surface area contributed by atoms with Crippen LogP contribution >= 0.6 is 0 Å². The van der Waals surface area contributed by atoms with E-state index in [4.69, 9.17) is 0 Å². The number of carbonyl (C=O) groups is 1. The molecule has 0 aliphatic rings. The Morgan fingerprint density at radius 2 is 1.68 bits per heavy atom. The molecule has 0 radical (unpaired) electrons. The molecule has 0 aliphatic heterocycles. The second kappa shape index (κ2) is 4.67. The Bertz CT molecular complexity index is 457. The number of ether oxygens (including phenoxy) is 1. The minimum absolute atomic E-state index is 0.690. The van der Waals surface area contributed by atoms with Crippen molar-refractivity contribution in [2.45, 2.75) is 18.0 Å². The topological polar surface area (TPSA) is 39.2 Å². The Morgan fingerprint density at radius 1 is 1.11 bits per heavy atom. The number of halogens is 7. The summed E-state index contributed by atoms with van der Waals surface area (Å²) in [5.74, 6) is -16.3. The number of alkyl halides is 7. The van der Waals surface area contributed by atoms with Gasteiger partial charge in [0, 0.05) is 6.20 Å². The summed E-state index contributed by atoms with van der Waals surface area (Å²) in [5, 5.41) is 0. The maximum absolute atomic E-state index is 12.8. The number of aromatic nitrogens is 1. The Kier molecular flexibility index (Phi) is 3.73. The number of hydrogen-bond acceptors (Lipinski definition) is 3. The van der Waals surface area contributed by atoms with Crippen LogP contribution in [0.4, 0.5) is 30.7 Å². The van der Waals surface area contributed by atoms with Gasteiger partial charge in [-0.25, -0.2) is 4.79 Å². The molecule has 0 unspecified atom stereocenters. The summed E-state index contributed by atoms with van der Waals surface area (Å²) in [6.07, 6.45) is -4.76. The van der Waals surface area contributed by atoms with Crippen LogP contribution in [-0.2, 0) is 4.79 Å². The van der Waals surface area contributed by atoms with Gasteiger partial charge in [0.1, 0.15) is 5.75 Å². The van der Waals surface area contributed by atoms with E-state index in [0.717, 1.165) is 18.3 Å². The molecule has 0 N–H and O–H groups in total. The highest BCUT2D eigenvalue weighted by molar-refractivity contribution is 5.81. The number of pyridine rings is 1. The summed E-state index contributed by atoms with van der Waals surface area (Å²) in [4.78, 5) is 14.0. The molecular weight excluding hydrogens is 287 g/mol. The van der Waals surface area contributed by atoms with Gasteiger partial charge in [0.05, 0.1) is 6.20 Å². The van der Waals surface area contributed by atoms with Crippen LogP contribution in [0, 0.1) is 0 Å². The van der Waals surface area contributed by atoms with Gasteiger partial charge >= 0.3 is 24.0 Å². The van der Waals surface area contributed by atoms with Crippen molar-refractivity contribution >= 4 is 5.97 Å². The van der Waals surface area contributed by atoms with Gasteiger partial charge in [0.2, 0.25) is 0 Å². The van der Waals surface area contributed by atoms with Crippen molar-refractivity contribution in [3.8, 4) is 5.75 Å². The molecule has 1 rings (SSSR count). The SMILES string of the molecule is O=C(Oc1cccnc1)C(F)(F)C(F)(F)C(F)(F)F. The lowest BCUT2D eigenvalue weighted by Gasteiger charge is -2.26. The van der Waals surface area contributed by atoms with Crippen molar-refractivity contribution in [3.05, 3.63) is 24.5 Å². The molecule has 0 fully saturated rings. The van der Waals surface area contributed by atoms with Crippen molar-refractivity contribution in [2.75, 3.05) is 0 Å². The second-order valence-corrected chi connectivity index (χ2v) is 3.22. The Morgan fingerprint density at radius 3 is 2.11 bits per heavy atom. The number of carbonyl (C=O) groups excluding carboxylic acids is 1. The van der Waals surface area contributed by atoms with E-state index >= 15 is 0 Å². The maximum Gasteiger partial charge on any atom is 0.460 e. The first kappa shape index (κ1) is 15.2. The third-order valence-corrected chi connectivity index (χ3v) is 1.85. The van der Waals surface area contributed by atoms with Crippen LogP contribution in [0.2, 0.25) is 0 Å². The average Bonchev–Trinajstić information content (AvgIpc) is 2.28. The summed E-state index contributed by atoms with van der Waals surface area (Å²) in [6, 6.07) is 1.98. The molecule has 3 nitrogen and oxygen atoms in total. The molecule has 106 valence electrons. The van der Waals surface area contributed by atoms with Crippen LogP contribution in [0.5, 0.6) is 5.75 Å². The van der Waals surface area contributed by atoms with Crippen molar-refractivity contribution in [1.82, 2.24) is 4.98 Å². The van der Waals surface area contributed by atoms with E-state index in [1.54, 1.807) is 0 Å². The first-order valence-electron chi connectivity index (χ1n) is 4.45. The van der Waals surface area contributed by atoms with Crippen molar-refractivity contribution < 1.29 is 40.3 Å². The quantitative estimate of drug-likeness (QED) is 0.635. The summed E-state index contributed by atoms with van der Waals surface area (Å²) < 4.78 is 89.6. The van der Waals surface area contributed by atoms with Gasteiger partial charge in [-0.3, -0.25) is 4.98 Å². The predicted octanol–water partition coefficient (Wildman–Crippen LogP) is 2.82. The van der Waals surface area contributed by atoms with Crippen molar-refractivity contribution in [1.29, 1.82) is 0 Å². The Balaban J connectivity index is 2.98. The van der Waals surface area contributed by atoms with Crippen LogP contribution in [-0.4, -0.2) is 29.0 Å². The molecule has 0 amide bonds. The van der Waals surface area contributed by atoms with Gasteiger partial charge in [0.15, 0.2) is 0 Å². The molecule has 1 aromatic rings. The van der Waals surface area contributed by atoms with E-state index in [0.29, 0.717) is 6.20 Å². The lowest BCUT2D eigenvalue weighted by atomic mass is 10.1. The van der Waals surface area contributed by atoms with E-state index in [9.17, 15) is 35.5 Å². The number of esters is 1. The van der Waals surface area contributed by atoms with E-state index in [-0.39, 0.29) is 0 Å². The number of nitrogens with zero attached hydrogens (tertiary/aromatic N) is 1. The van der Waals surface area contributed by atoms with Crippen LogP contribution in [0.1, 0.15) is 0 Å². The molecule has 0 spiro atoms. The van der Waals surface area contributed by atoms with Crippen molar-refractivity contribution in [2.24, 2.45) is 0 Å². The smallest absolute Gasteiger partial charge is 0.420 e. The molecule has 10 heteroatoms. The molecule has 0 saturated carbocycles. The first-order valence-corrected chi connectivity index (χ1v) is 4.45. The third kappa shape index (κ3) is 2.76. The number of rotatable bonds is 3. The fraction of sp³-hybridized carbons (Fsp3) is 0.333. The molecular formula is C9H4F7NO2. The minimum atomic E-state index is -6.59. The predicted molar refractivity (Wildman–Crippen MR) is 45.8 cm³/mol. The lowest BCUT2D eigenvalue weighted by Crippen LogP contribution is -2.57. The van der Waals surface area contributed by atoms with Gasteiger partial charge in [-0.2, -0.15) is 30.7 Å². The molecule has 0 aromatic carbocycles. The fourth-order valence-corrected chi connectivity index (χ4v) is 0.885. The normalized spacial score (nSPS) is 13.2. The minimum Gasteiger partial charge on any atom is -0.420 e. The molecule has 1 heterocycles. The fourth-order valence-electron chi connectivity index (χ4n) is 0.885. The lowest BCUT2D eigenvalue weighted by molar-refractivity contribution is -0.346. The van der Waals surface area contributed by atoms with E-state index in [1.165, 1.54) is 0 Å². The number of hydrogen-bond donors (Lipinski definition) is 0. The van der Waals surface area contributed by atoms with E-state index in [1.807, 2.05) is 0 Å². The highest BCUT2D eigenvalue weighted by Crippen LogP contribution is 2.46. The van der Waals surface area contributed by atoms with E-state index < -0.39 is 29.7 Å². The summed E-state index contributed by atoms with van der Waals surface area (Å²) in [5.41, 5.74) is 0. The molecule has 0 saturated heterocycles. The monoisotopic (exact) mass is 291 g/mol. The summed E-state index contributed by atoms with van der Waals surface area (Å²) in [7, 11) is 0. The van der Waals surface area contributed by atoms with Gasteiger partial charge in [-0.15, -0.1) is 0 Å².